The summed E-state index contributed by atoms with van der Waals surface area (Å²) < 4.78 is 1.77. The number of aryl methyl sites for hydroxylation is 1. The maximum Gasteiger partial charge on any atom is 0.261 e. The van der Waals surface area contributed by atoms with Crippen LogP contribution in [0.25, 0.3) is 10.9 Å². The van der Waals surface area contributed by atoms with E-state index in [-0.39, 0.29) is 11.3 Å². The number of rotatable bonds is 3. The van der Waals surface area contributed by atoms with Crippen LogP contribution < -0.4 is 10.9 Å². The Bertz CT molecular complexity index is 947. The highest BCUT2D eigenvalue weighted by Crippen LogP contribution is 2.21. The summed E-state index contributed by atoms with van der Waals surface area (Å²) in [5, 5.41) is 13.7. The Morgan fingerprint density at radius 2 is 2.09 bits per heavy atom. The van der Waals surface area contributed by atoms with E-state index >= 15 is 0 Å². The van der Waals surface area contributed by atoms with Crippen molar-refractivity contribution in [3.63, 3.8) is 0 Å². The topological polar surface area (TPSA) is 67.2 Å². The molecule has 0 radical (unpaired) electrons. The van der Waals surface area contributed by atoms with Gasteiger partial charge in [0.05, 0.1) is 10.9 Å². The van der Waals surface area contributed by atoms with Crippen LogP contribution in [-0.4, -0.2) is 14.7 Å². The molecule has 23 heavy (non-hydrogen) atoms. The van der Waals surface area contributed by atoms with Gasteiger partial charge in [-0.1, -0.05) is 18.2 Å². The second-order valence-corrected chi connectivity index (χ2v) is 5.80. The van der Waals surface area contributed by atoms with Crippen LogP contribution in [0.1, 0.15) is 17.8 Å². The minimum Gasteiger partial charge on any atom is -0.508 e. The maximum atomic E-state index is 12.6. The predicted molar refractivity (Wildman–Crippen MR) is 89.8 cm³/mol. The Labute approximate surface area is 133 Å². The molecule has 0 bridgehead atoms. The fraction of sp³-hybridized carbons (Fsp3) is 0.222. The highest BCUT2D eigenvalue weighted by atomic mass is 16.3. The first-order valence-electron chi connectivity index (χ1n) is 7.76. The lowest BCUT2D eigenvalue weighted by Crippen LogP contribution is -2.20. The molecule has 5 heteroatoms. The SMILES string of the molecule is O=c1c2cc(NCc3ccccc3O)ccc2nc2n1CCC2. The molecule has 1 aliphatic heterocycles. The second kappa shape index (κ2) is 5.43. The number of benzene rings is 2. The molecule has 3 aromatic rings. The quantitative estimate of drug-likeness (QED) is 0.780. The summed E-state index contributed by atoms with van der Waals surface area (Å²) in [5.74, 6) is 1.15. The van der Waals surface area contributed by atoms with Gasteiger partial charge in [0.15, 0.2) is 0 Å². The van der Waals surface area contributed by atoms with Gasteiger partial charge in [0, 0.05) is 30.8 Å². The highest BCUT2D eigenvalue weighted by molar-refractivity contribution is 5.81. The van der Waals surface area contributed by atoms with Crippen molar-refractivity contribution in [2.75, 3.05) is 5.32 Å². The van der Waals surface area contributed by atoms with Crippen LogP contribution in [-0.2, 0) is 19.5 Å². The maximum absolute atomic E-state index is 12.6. The Morgan fingerprint density at radius 3 is 2.96 bits per heavy atom. The van der Waals surface area contributed by atoms with Gasteiger partial charge in [0.25, 0.3) is 5.56 Å². The van der Waals surface area contributed by atoms with E-state index in [0.29, 0.717) is 11.9 Å². The Kier molecular flexibility index (Phi) is 3.26. The van der Waals surface area contributed by atoms with Crippen molar-refractivity contribution in [3.8, 4) is 5.75 Å². The summed E-state index contributed by atoms with van der Waals surface area (Å²) in [4.78, 5) is 17.1. The lowest BCUT2D eigenvalue weighted by Gasteiger charge is -2.10. The van der Waals surface area contributed by atoms with Gasteiger partial charge < -0.3 is 10.4 Å². The molecule has 2 N–H and O–H groups in total. The summed E-state index contributed by atoms with van der Waals surface area (Å²) in [6.07, 6.45) is 1.86. The molecule has 1 aliphatic rings. The number of para-hydroxylation sites is 1. The number of hydrogen-bond acceptors (Lipinski definition) is 4. The first-order chi connectivity index (χ1) is 11.2. The van der Waals surface area contributed by atoms with Gasteiger partial charge in [0.1, 0.15) is 11.6 Å². The van der Waals surface area contributed by atoms with Crippen molar-refractivity contribution >= 4 is 16.6 Å². The van der Waals surface area contributed by atoms with Gasteiger partial charge >= 0.3 is 0 Å². The van der Waals surface area contributed by atoms with Gasteiger partial charge in [-0.2, -0.15) is 0 Å². The molecular weight excluding hydrogens is 290 g/mol. The smallest absolute Gasteiger partial charge is 0.261 e. The van der Waals surface area contributed by atoms with Gasteiger partial charge in [0.2, 0.25) is 0 Å². The normalized spacial score (nSPS) is 13.2. The number of fused-ring (bicyclic) bond motifs is 2. The van der Waals surface area contributed by atoms with Crippen molar-refractivity contribution in [2.24, 2.45) is 0 Å². The predicted octanol–water partition coefficient (Wildman–Crippen LogP) is 2.66. The number of aromatic hydroxyl groups is 1. The zero-order chi connectivity index (χ0) is 15.8. The summed E-state index contributed by atoms with van der Waals surface area (Å²) in [6, 6.07) is 12.8. The monoisotopic (exact) mass is 307 g/mol. The van der Waals surface area contributed by atoms with Crippen molar-refractivity contribution in [3.05, 3.63) is 64.2 Å². The van der Waals surface area contributed by atoms with Gasteiger partial charge in [-0.25, -0.2) is 4.98 Å². The molecule has 1 aromatic heterocycles. The van der Waals surface area contributed by atoms with E-state index in [1.807, 2.05) is 30.3 Å². The van der Waals surface area contributed by atoms with Crippen molar-refractivity contribution in [1.82, 2.24) is 9.55 Å². The lowest BCUT2D eigenvalue weighted by atomic mass is 10.2. The van der Waals surface area contributed by atoms with E-state index in [9.17, 15) is 9.90 Å². The summed E-state index contributed by atoms with van der Waals surface area (Å²) in [5.41, 5.74) is 2.44. The fourth-order valence-electron chi connectivity index (χ4n) is 3.05. The van der Waals surface area contributed by atoms with Gasteiger partial charge in [-0.3, -0.25) is 9.36 Å². The molecule has 4 rings (SSSR count). The van der Waals surface area contributed by atoms with Crippen molar-refractivity contribution < 1.29 is 5.11 Å². The van der Waals surface area contributed by atoms with Crippen molar-refractivity contribution in [1.29, 1.82) is 0 Å². The van der Waals surface area contributed by atoms with Gasteiger partial charge in [-0.05, 0) is 30.7 Å². The fourth-order valence-corrected chi connectivity index (χ4v) is 3.05. The molecule has 5 nitrogen and oxygen atoms in total. The summed E-state index contributed by atoms with van der Waals surface area (Å²) in [6.45, 7) is 1.25. The largest absolute Gasteiger partial charge is 0.508 e. The van der Waals surface area contributed by atoms with Crippen LogP contribution in [0.4, 0.5) is 5.69 Å². The molecule has 0 unspecified atom stereocenters. The zero-order valence-electron chi connectivity index (χ0n) is 12.6. The molecule has 0 saturated carbocycles. The number of nitrogens with zero attached hydrogens (tertiary/aromatic N) is 2. The molecule has 0 atom stereocenters. The molecule has 0 fully saturated rings. The van der Waals surface area contributed by atoms with E-state index in [1.54, 1.807) is 16.7 Å². The average molecular weight is 307 g/mol. The number of nitrogens with one attached hydrogen (secondary N) is 1. The number of aromatic nitrogens is 2. The van der Waals surface area contributed by atoms with E-state index < -0.39 is 0 Å². The second-order valence-electron chi connectivity index (χ2n) is 5.80. The minimum absolute atomic E-state index is 0.0358. The third-order valence-electron chi connectivity index (χ3n) is 4.29. The number of hydrogen-bond donors (Lipinski definition) is 2. The average Bonchev–Trinajstić information content (AvgIpc) is 3.03. The first kappa shape index (κ1) is 13.8. The van der Waals surface area contributed by atoms with E-state index in [2.05, 4.69) is 10.3 Å². The molecule has 116 valence electrons. The molecule has 0 aliphatic carbocycles. The number of anilines is 1. The molecule has 0 spiro atoms. The van der Waals surface area contributed by atoms with Crippen LogP contribution in [0.5, 0.6) is 5.75 Å². The standard InChI is InChI=1S/C18H17N3O2/c22-16-5-2-1-4-12(16)11-19-13-7-8-15-14(10-13)18(23)21-9-3-6-17(21)20-15/h1-2,4-5,7-8,10,19,22H,3,6,9,11H2. The van der Waals surface area contributed by atoms with E-state index in [4.69, 9.17) is 0 Å². The van der Waals surface area contributed by atoms with Crippen LogP contribution in [0.15, 0.2) is 47.3 Å². The molecular formula is C18H17N3O2. The Hall–Kier alpha value is -2.82. The number of phenolic OH excluding ortho intramolecular Hbond substituents is 1. The van der Waals surface area contributed by atoms with Crippen LogP contribution in [0.3, 0.4) is 0 Å². The van der Waals surface area contributed by atoms with Crippen molar-refractivity contribution in [2.45, 2.75) is 25.9 Å². The van der Waals surface area contributed by atoms with Crippen LogP contribution >= 0.6 is 0 Å². The summed E-state index contributed by atoms with van der Waals surface area (Å²) in [7, 11) is 0. The van der Waals surface area contributed by atoms with Crippen LogP contribution in [0.2, 0.25) is 0 Å². The first-order valence-corrected chi connectivity index (χ1v) is 7.76. The Morgan fingerprint density at radius 1 is 1.22 bits per heavy atom. The van der Waals surface area contributed by atoms with Crippen LogP contribution in [0, 0.1) is 0 Å². The summed E-state index contributed by atoms with van der Waals surface area (Å²) >= 11 is 0. The molecule has 2 heterocycles. The van der Waals surface area contributed by atoms with E-state index in [1.165, 1.54) is 0 Å². The third-order valence-corrected chi connectivity index (χ3v) is 4.29. The highest BCUT2D eigenvalue weighted by Gasteiger charge is 2.16. The lowest BCUT2D eigenvalue weighted by molar-refractivity contribution is 0.469. The molecule has 0 amide bonds. The van der Waals surface area contributed by atoms with E-state index in [0.717, 1.165) is 42.0 Å². The Balaban J connectivity index is 1.67. The minimum atomic E-state index is 0.0358. The third kappa shape index (κ3) is 2.44. The molecule has 0 saturated heterocycles. The zero-order valence-corrected chi connectivity index (χ0v) is 12.6. The number of phenols is 1. The molecule has 2 aromatic carbocycles. The van der Waals surface area contributed by atoms with Gasteiger partial charge in [-0.15, -0.1) is 0 Å².